The van der Waals surface area contributed by atoms with Gasteiger partial charge in [-0.25, -0.2) is 9.79 Å². The van der Waals surface area contributed by atoms with Crippen LogP contribution in [0, 0.1) is 11.1 Å². The van der Waals surface area contributed by atoms with Gasteiger partial charge in [0.05, 0.1) is 18.7 Å². The van der Waals surface area contributed by atoms with E-state index in [0.717, 1.165) is 46.4 Å². The quantitative estimate of drug-likeness (QED) is 0.150. The first-order chi connectivity index (χ1) is 19.9. The van der Waals surface area contributed by atoms with E-state index in [0.29, 0.717) is 45.1 Å². The molecule has 1 N–H and O–H groups in total. The van der Waals surface area contributed by atoms with Gasteiger partial charge < -0.3 is 9.94 Å². The lowest BCUT2D eigenvalue weighted by Gasteiger charge is -2.18. The van der Waals surface area contributed by atoms with E-state index in [4.69, 9.17) is 28.2 Å². The van der Waals surface area contributed by atoms with Gasteiger partial charge in [-0.05, 0) is 64.7 Å². The molecule has 12 heteroatoms. The van der Waals surface area contributed by atoms with E-state index in [2.05, 4.69) is 25.6 Å². The number of hydrogen-bond acceptors (Lipinski definition) is 7. The minimum Gasteiger partial charge on any atom is -0.618 e. The second kappa shape index (κ2) is 11.3. The van der Waals surface area contributed by atoms with Crippen molar-refractivity contribution in [2.24, 2.45) is 10.9 Å². The Morgan fingerprint density at radius 1 is 1.15 bits per heavy atom. The highest BCUT2D eigenvalue weighted by molar-refractivity contribution is 6.35. The maximum atomic E-state index is 13.6. The molecule has 2 aromatic heterocycles. The average Bonchev–Trinajstić information content (AvgIpc) is 3.46. The number of halogens is 2. The van der Waals surface area contributed by atoms with Crippen molar-refractivity contribution in [2.45, 2.75) is 31.6 Å². The molecule has 0 saturated heterocycles. The Hall–Kier alpha value is -4.28. The molecule has 2 aromatic carbocycles. The summed E-state index contributed by atoms with van der Waals surface area (Å²) in [6, 6.07) is 16.5. The molecule has 6 rings (SSSR count). The third-order valence-corrected chi connectivity index (χ3v) is 7.90. The summed E-state index contributed by atoms with van der Waals surface area (Å²) in [6.45, 7) is 0. The Balaban J connectivity index is 1.27. The number of tetrazole rings is 1. The third kappa shape index (κ3) is 5.79. The van der Waals surface area contributed by atoms with Crippen molar-refractivity contribution in [1.29, 1.82) is 0 Å². The van der Waals surface area contributed by atoms with Crippen LogP contribution in [-0.2, 0) is 4.74 Å². The number of carbonyl (C=O) groups excluding carboxylic acids is 1. The number of hydrogen-bond donors (Lipinski definition) is 1. The zero-order valence-corrected chi connectivity index (χ0v) is 23.5. The van der Waals surface area contributed by atoms with Crippen LogP contribution >= 0.6 is 23.2 Å². The Bertz CT molecular complexity index is 1670. The number of methoxy groups -OCH3 is 1. The van der Waals surface area contributed by atoms with Crippen LogP contribution in [0.15, 0.2) is 77.3 Å². The van der Waals surface area contributed by atoms with Gasteiger partial charge in [0.2, 0.25) is 5.69 Å². The number of anilines is 1. The van der Waals surface area contributed by atoms with E-state index in [1.54, 1.807) is 30.5 Å². The van der Waals surface area contributed by atoms with Crippen LogP contribution in [0.25, 0.3) is 22.4 Å². The van der Waals surface area contributed by atoms with Crippen molar-refractivity contribution in [3.05, 3.63) is 93.8 Å². The van der Waals surface area contributed by atoms with E-state index in [-0.39, 0.29) is 5.92 Å². The molecule has 1 aliphatic heterocycles. The molecule has 208 valence electrons. The molecule has 1 unspecified atom stereocenters. The van der Waals surface area contributed by atoms with Gasteiger partial charge in [-0.1, -0.05) is 48.2 Å². The predicted octanol–water partition coefficient (Wildman–Crippen LogP) is 6.13. The van der Waals surface area contributed by atoms with Crippen LogP contribution in [0.2, 0.25) is 5.02 Å². The summed E-state index contributed by atoms with van der Waals surface area (Å²) < 4.78 is 7.11. The number of carbonyl (C=O) groups is 1. The number of nitrogens with zero attached hydrogens (tertiary/aromatic N) is 6. The smallest absolute Gasteiger partial charge is 0.411 e. The highest BCUT2D eigenvalue weighted by Crippen LogP contribution is 2.43. The fourth-order valence-corrected chi connectivity index (χ4v) is 5.54. The zero-order chi connectivity index (χ0) is 28.5. The molecule has 1 aliphatic carbocycles. The van der Waals surface area contributed by atoms with Crippen molar-refractivity contribution in [3.63, 3.8) is 0 Å². The summed E-state index contributed by atoms with van der Waals surface area (Å²) in [5, 5.41) is 28.6. The number of amides is 1. The van der Waals surface area contributed by atoms with Gasteiger partial charge in [0.15, 0.2) is 6.20 Å². The van der Waals surface area contributed by atoms with Crippen LogP contribution in [0.5, 0.6) is 0 Å². The van der Waals surface area contributed by atoms with Crippen LogP contribution in [0.3, 0.4) is 0 Å². The van der Waals surface area contributed by atoms with Crippen molar-refractivity contribution < 1.29 is 14.3 Å². The summed E-state index contributed by atoms with van der Waals surface area (Å²) in [5.41, 5.74) is 6.00. The van der Waals surface area contributed by atoms with Crippen LogP contribution in [0.4, 0.5) is 10.5 Å². The fraction of sp³-hybridized carbons (Fsp3) is 0.241. The average molecular weight is 590 g/mol. The van der Waals surface area contributed by atoms with Crippen molar-refractivity contribution in [2.75, 3.05) is 12.4 Å². The number of pyridine rings is 1. The monoisotopic (exact) mass is 589 g/mol. The van der Waals surface area contributed by atoms with E-state index >= 15 is 0 Å². The van der Waals surface area contributed by atoms with Gasteiger partial charge in [0.25, 0.3) is 0 Å². The maximum absolute atomic E-state index is 13.6. The number of aliphatic imine (C=N–C) groups is 1. The van der Waals surface area contributed by atoms with E-state index in [9.17, 15) is 10.0 Å². The minimum absolute atomic E-state index is 0.182. The molecule has 2 aliphatic rings. The van der Waals surface area contributed by atoms with Crippen LogP contribution < -0.4 is 10.0 Å². The van der Waals surface area contributed by atoms with Gasteiger partial charge in [-0.15, -0.1) is 5.10 Å². The number of allylic oxidation sites excluding steroid dienone is 1. The lowest BCUT2D eigenvalue weighted by Crippen LogP contribution is -2.35. The lowest BCUT2D eigenvalue weighted by molar-refractivity contribution is -0.614. The minimum atomic E-state index is -0.539. The van der Waals surface area contributed by atoms with Crippen molar-refractivity contribution >= 4 is 46.3 Å². The van der Waals surface area contributed by atoms with E-state index < -0.39 is 6.09 Å². The fourth-order valence-electron chi connectivity index (χ4n) is 5.08. The second-order valence-electron chi connectivity index (χ2n) is 10.1. The molecular weight excluding hydrogens is 565 g/mol. The molecule has 0 spiro atoms. The van der Waals surface area contributed by atoms with Gasteiger partial charge in [-0.3, -0.25) is 5.32 Å². The number of benzene rings is 2. The number of aromatic nitrogens is 5. The first kappa shape index (κ1) is 26.9. The van der Waals surface area contributed by atoms with Crippen molar-refractivity contribution in [1.82, 2.24) is 20.2 Å². The van der Waals surface area contributed by atoms with Gasteiger partial charge in [0.1, 0.15) is 11.5 Å². The first-order valence-corrected chi connectivity index (χ1v) is 13.8. The van der Waals surface area contributed by atoms with E-state index in [1.165, 1.54) is 18.1 Å². The molecule has 1 fully saturated rings. The number of rotatable bonds is 8. The molecule has 3 heterocycles. The zero-order valence-electron chi connectivity index (χ0n) is 22.0. The number of nitrogens with one attached hydrogen (secondary N) is 1. The van der Waals surface area contributed by atoms with Gasteiger partial charge in [0, 0.05) is 45.6 Å². The maximum Gasteiger partial charge on any atom is 0.411 e. The molecular formula is C29H25Cl2N7O3. The predicted molar refractivity (Wildman–Crippen MR) is 156 cm³/mol. The van der Waals surface area contributed by atoms with E-state index in [1.807, 2.05) is 30.3 Å². The molecule has 1 atom stereocenters. The largest absolute Gasteiger partial charge is 0.618 e. The lowest BCUT2D eigenvalue weighted by atomic mass is 9.88. The normalized spacial score (nSPS) is 15.5. The van der Waals surface area contributed by atoms with Crippen LogP contribution in [0.1, 0.15) is 42.9 Å². The Kier molecular flexibility index (Phi) is 7.42. The number of ether oxygens (including phenoxy) is 1. The van der Waals surface area contributed by atoms with Gasteiger partial charge in [-0.2, -0.15) is 9.41 Å². The summed E-state index contributed by atoms with van der Waals surface area (Å²) in [5.74, 6) is 0.368. The summed E-state index contributed by atoms with van der Waals surface area (Å²) in [7, 11) is 1.31. The summed E-state index contributed by atoms with van der Waals surface area (Å²) >= 11 is 13.0. The second-order valence-corrected chi connectivity index (χ2v) is 10.9. The first-order valence-electron chi connectivity index (χ1n) is 13.1. The van der Waals surface area contributed by atoms with Gasteiger partial charge >= 0.3 is 6.09 Å². The molecule has 41 heavy (non-hydrogen) atoms. The third-order valence-electron chi connectivity index (χ3n) is 7.35. The molecule has 4 aromatic rings. The topological polar surface area (TPSA) is 121 Å². The molecule has 1 amide bonds. The standard InChI is InChI=1S/C29H25Cl2N7O3/c1-41-29(39)33-21-8-4-18(5-9-21)23-14-25(34-28(23)31)24(12-17-2-3-17)27-10-6-19(15-38(27)40)22-13-20(30)7-11-26(22)37-16-32-35-36-37/h4-11,13,15-17,24H,2-3,12,14H2,1H3,(H,33,39). The molecule has 1 saturated carbocycles. The van der Waals surface area contributed by atoms with Crippen molar-refractivity contribution in [3.8, 4) is 16.8 Å². The van der Waals surface area contributed by atoms with Crippen LogP contribution in [-0.4, -0.2) is 39.1 Å². The summed E-state index contributed by atoms with van der Waals surface area (Å²) in [4.78, 5) is 16.3. The highest BCUT2D eigenvalue weighted by Gasteiger charge is 2.36. The molecule has 0 radical (unpaired) electrons. The Morgan fingerprint density at radius 2 is 1.93 bits per heavy atom. The summed E-state index contributed by atoms with van der Waals surface area (Å²) in [6.07, 6.45) is 6.15. The SMILES string of the molecule is COC(=O)Nc1ccc(C2=C(Cl)N=C(C(CC3CC3)c3ccc(-c4cc(Cl)ccc4-n4cnnn4)c[n+]3[O-])C2)cc1. The Labute approximate surface area is 245 Å². The molecule has 0 bridgehead atoms. The Morgan fingerprint density at radius 3 is 2.61 bits per heavy atom. The highest BCUT2D eigenvalue weighted by atomic mass is 35.5. The molecule has 10 nitrogen and oxygen atoms in total.